The summed E-state index contributed by atoms with van der Waals surface area (Å²) in [6.07, 6.45) is -0.964. The Morgan fingerprint density at radius 1 is 1.30 bits per heavy atom. The number of thiophene rings is 1. The van der Waals surface area contributed by atoms with Crippen LogP contribution in [0, 0.1) is 25.2 Å². The van der Waals surface area contributed by atoms with Crippen molar-refractivity contribution in [2.24, 2.45) is 0 Å². The van der Waals surface area contributed by atoms with Crippen molar-refractivity contribution in [3.05, 3.63) is 51.2 Å². The third kappa shape index (κ3) is 3.96. The molecule has 1 aromatic heterocycles. The molecule has 1 atom stereocenters. The van der Waals surface area contributed by atoms with Crippen molar-refractivity contribution < 1.29 is 14.3 Å². The van der Waals surface area contributed by atoms with Crippen LogP contribution in [0.3, 0.4) is 0 Å². The van der Waals surface area contributed by atoms with Crippen LogP contribution in [0.25, 0.3) is 0 Å². The van der Waals surface area contributed by atoms with E-state index in [2.05, 4.69) is 5.32 Å². The number of carbonyl (C=O) groups is 2. The van der Waals surface area contributed by atoms with Gasteiger partial charge in [-0.2, -0.15) is 5.26 Å². The van der Waals surface area contributed by atoms with E-state index < -0.39 is 18.0 Å². The van der Waals surface area contributed by atoms with E-state index in [1.54, 1.807) is 30.3 Å². The zero-order valence-electron chi connectivity index (χ0n) is 13.0. The number of nitrogens with one attached hydrogen (secondary N) is 1. The first-order chi connectivity index (χ1) is 10.9. The molecular formula is C17H16N2O3S. The molecule has 0 saturated carbocycles. The lowest BCUT2D eigenvalue weighted by atomic mass is 10.2. The van der Waals surface area contributed by atoms with Crippen LogP contribution < -0.4 is 5.32 Å². The van der Waals surface area contributed by atoms with E-state index in [-0.39, 0.29) is 0 Å². The normalized spacial score (nSPS) is 11.4. The number of esters is 1. The molecule has 1 aromatic carbocycles. The van der Waals surface area contributed by atoms with Gasteiger partial charge in [-0.25, -0.2) is 4.79 Å². The number of aryl methyl sites for hydroxylation is 2. The van der Waals surface area contributed by atoms with Gasteiger partial charge in [0.1, 0.15) is 6.07 Å². The predicted molar refractivity (Wildman–Crippen MR) is 88.5 cm³/mol. The zero-order chi connectivity index (χ0) is 17.0. The minimum atomic E-state index is -0.964. The van der Waals surface area contributed by atoms with Crippen LogP contribution in [0.1, 0.15) is 32.6 Å². The van der Waals surface area contributed by atoms with Crippen LogP contribution in [-0.4, -0.2) is 18.0 Å². The maximum absolute atomic E-state index is 12.1. The van der Waals surface area contributed by atoms with Crippen molar-refractivity contribution in [2.45, 2.75) is 26.9 Å². The largest absolute Gasteiger partial charge is 0.449 e. The van der Waals surface area contributed by atoms with E-state index in [0.29, 0.717) is 16.8 Å². The average molecular weight is 328 g/mol. The monoisotopic (exact) mass is 328 g/mol. The Bertz CT molecular complexity index is 789. The maximum Gasteiger partial charge on any atom is 0.340 e. The number of benzene rings is 1. The number of carbonyl (C=O) groups excluding carboxylic acids is 2. The van der Waals surface area contributed by atoms with Gasteiger partial charge in [0.2, 0.25) is 0 Å². The molecule has 1 heterocycles. The molecule has 0 fully saturated rings. The number of para-hydroxylation sites is 1. The molecule has 0 aliphatic heterocycles. The summed E-state index contributed by atoms with van der Waals surface area (Å²) in [4.78, 5) is 26.1. The second-order valence-electron chi connectivity index (χ2n) is 5.02. The molecule has 2 aromatic rings. The van der Waals surface area contributed by atoms with Crippen LogP contribution in [-0.2, 0) is 9.53 Å². The van der Waals surface area contributed by atoms with Gasteiger partial charge in [-0.15, -0.1) is 11.3 Å². The lowest BCUT2D eigenvalue weighted by Gasteiger charge is -2.14. The second-order valence-corrected chi connectivity index (χ2v) is 6.48. The summed E-state index contributed by atoms with van der Waals surface area (Å²) in [7, 11) is 0. The summed E-state index contributed by atoms with van der Waals surface area (Å²) in [5.41, 5.74) is 1.22. The molecule has 1 N–H and O–H groups in total. The van der Waals surface area contributed by atoms with Gasteiger partial charge in [-0.3, -0.25) is 4.79 Å². The molecular weight excluding hydrogens is 312 g/mol. The molecule has 0 aliphatic rings. The summed E-state index contributed by atoms with van der Waals surface area (Å²) in [6, 6.07) is 10.4. The van der Waals surface area contributed by atoms with Crippen LogP contribution in [0.2, 0.25) is 0 Å². The van der Waals surface area contributed by atoms with Gasteiger partial charge in [0, 0.05) is 9.75 Å². The number of rotatable bonds is 4. The summed E-state index contributed by atoms with van der Waals surface area (Å²) < 4.78 is 5.21. The Morgan fingerprint density at radius 3 is 2.61 bits per heavy atom. The first-order valence-corrected chi connectivity index (χ1v) is 7.82. The number of ether oxygens (including phenoxy) is 1. The lowest BCUT2D eigenvalue weighted by Crippen LogP contribution is -2.30. The van der Waals surface area contributed by atoms with Gasteiger partial charge in [-0.05, 0) is 39.0 Å². The standard InChI is InChI=1S/C17H16N2O3S/c1-10-8-14(12(3)23-10)17(21)22-11(2)16(20)19-15-7-5-4-6-13(15)9-18/h4-8,11H,1-3H3,(H,19,20)/t11-/m1/s1. The van der Waals surface area contributed by atoms with E-state index in [1.165, 1.54) is 18.3 Å². The molecule has 1 amide bonds. The fourth-order valence-corrected chi connectivity index (χ4v) is 2.95. The van der Waals surface area contributed by atoms with Gasteiger partial charge in [0.25, 0.3) is 5.91 Å². The zero-order valence-corrected chi connectivity index (χ0v) is 13.9. The van der Waals surface area contributed by atoms with Crippen LogP contribution in [0.5, 0.6) is 0 Å². The minimum Gasteiger partial charge on any atom is -0.449 e. The lowest BCUT2D eigenvalue weighted by molar-refractivity contribution is -0.123. The van der Waals surface area contributed by atoms with Gasteiger partial charge >= 0.3 is 5.97 Å². The van der Waals surface area contributed by atoms with Crippen molar-refractivity contribution in [3.63, 3.8) is 0 Å². The minimum absolute atomic E-state index is 0.351. The van der Waals surface area contributed by atoms with Crippen LogP contribution >= 0.6 is 11.3 Å². The molecule has 0 aliphatic carbocycles. The molecule has 6 heteroatoms. The fraction of sp³-hybridized carbons (Fsp3) is 0.235. The third-order valence-electron chi connectivity index (χ3n) is 3.22. The van der Waals surface area contributed by atoms with E-state index in [1.807, 2.05) is 19.9 Å². The number of nitrogens with zero attached hydrogens (tertiary/aromatic N) is 1. The Labute approximate surface area is 138 Å². The molecule has 5 nitrogen and oxygen atoms in total. The molecule has 2 rings (SSSR count). The maximum atomic E-state index is 12.1. The Morgan fingerprint density at radius 2 is 2.00 bits per heavy atom. The highest BCUT2D eigenvalue weighted by Crippen LogP contribution is 2.22. The predicted octanol–water partition coefficient (Wildman–Crippen LogP) is 3.42. The molecule has 0 bridgehead atoms. The van der Waals surface area contributed by atoms with Gasteiger partial charge in [-0.1, -0.05) is 12.1 Å². The number of anilines is 1. The quantitative estimate of drug-likeness (QED) is 0.872. The highest BCUT2D eigenvalue weighted by Gasteiger charge is 2.21. The van der Waals surface area contributed by atoms with Crippen LogP contribution in [0.4, 0.5) is 5.69 Å². The van der Waals surface area contributed by atoms with Crippen LogP contribution in [0.15, 0.2) is 30.3 Å². The Balaban J connectivity index is 2.04. The van der Waals surface area contributed by atoms with Gasteiger partial charge in [0.15, 0.2) is 6.10 Å². The summed E-state index contributed by atoms with van der Waals surface area (Å²) in [5.74, 6) is -1.01. The highest BCUT2D eigenvalue weighted by molar-refractivity contribution is 7.12. The van der Waals surface area contributed by atoms with Crippen molar-refractivity contribution in [1.29, 1.82) is 5.26 Å². The molecule has 0 spiro atoms. The SMILES string of the molecule is Cc1cc(C(=O)O[C@H](C)C(=O)Nc2ccccc2C#N)c(C)s1. The van der Waals surface area contributed by atoms with Gasteiger partial charge < -0.3 is 10.1 Å². The molecule has 0 radical (unpaired) electrons. The first-order valence-electron chi connectivity index (χ1n) is 7.00. The van der Waals surface area contributed by atoms with E-state index in [0.717, 1.165) is 9.75 Å². The van der Waals surface area contributed by atoms with Crippen molar-refractivity contribution in [1.82, 2.24) is 0 Å². The number of hydrogen-bond acceptors (Lipinski definition) is 5. The Hall–Kier alpha value is -2.65. The molecule has 0 saturated heterocycles. The smallest absolute Gasteiger partial charge is 0.340 e. The van der Waals surface area contributed by atoms with Crippen molar-refractivity contribution in [3.8, 4) is 6.07 Å². The fourth-order valence-electron chi connectivity index (χ4n) is 2.04. The number of nitriles is 1. The summed E-state index contributed by atoms with van der Waals surface area (Å²) in [6.45, 7) is 5.24. The van der Waals surface area contributed by atoms with Gasteiger partial charge in [0.05, 0.1) is 16.8 Å². The average Bonchev–Trinajstić information content (AvgIpc) is 2.86. The number of hydrogen-bond donors (Lipinski definition) is 1. The Kier molecular flexibility index (Phi) is 5.14. The molecule has 118 valence electrons. The van der Waals surface area contributed by atoms with E-state index in [4.69, 9.17) is 10.00 Å². The summed E-state index contributed by atoms with van der Waals surface area (Å²) >= 11 is 1.50. The third-order valence-corrected chi connectivity index (χ3v) is 4.19. The first kappa shape index (κ1) is 16.7. The molecule has 0 unspecified atom stereocenters. The van der Waals surface area contributed by atoms with E-state index >= 15 is 0 Å². The topological polar surface area (TPSA) is 79.2 Å². The second kappa shape index (κ2) is 7.07. The summed E-state index contributed by atoms with van der Waals surface area (Å²) in [5, 5.41) is 11.6. The number of amides is 1. The van der Waals surface area contributed by atoms with E-state index in [9.17, 15) is 9.59 Å². The van der Waals surface area contributed by atoms with Crippen molar-refractivity contribution >= 4 is 28.9 Å². The molecule has 23 heavy (non-hydrogen) atoms. The van der Waals surface area contributed by atoms with Crippen molar-refractivity contribution in [2.75, 3.05) is 5.32 Å². The highest BCUT2D eigenvalue weighted by atomic mass is 32.1.